The Bertz CT molecular complexity index is 564. The maximum Gasteiger partial charge on any atom is 0.242 e. The van der Waals surface area contributed by atoms with Gasteiger partial charge in [-0.05, 0) is 31.0 Å². The van der Waals surface area contributed by atoms with Crippen molar-refractivity contribution in [3.05, 3.63) is 27.7 Å². The zero-order chi connectivity index (χ0) is 14.0. The van der Waals surface area contributed by atoms with E-state index < -0.39 is 22.2 Å². The summed E-state index contributed by atoms with van der Waals surface area (Å²) in [6, 6.07) is 4.17. The maximum absolute atomic E-state index is 12.3. The molecule has 1 aromatic carbocycles. The van der Waals surface area contributed by atoms with E-state index in [9.17, 15) is 13.5 Å². The highest BCUT2D eigenvalue weighted by Crippen LogP contribution is 2.27. The fourth-order valence-corrected chi connectivity index (χ4v) is 4.55. The number of benzene rings is 1. The van der Waals surface area contributed by atoms with E-state index in [2.05, 4.69) is 20.7 Å². The van der Waals surface area contributed by atoms with Crippen LogP contribution in [0.3, 0.4) is 0 Å². The summed E-state index contributed by atoms with van der Waals surface area (Å²) in [6.45, 7) is 0. The van der Waals surface area contributed by atoms with Gasteiger partial charge in [0.25, 0.3) is 0 Å². The predicted octanol–water partition coefficient (Wildman–Crippen LogP) is 2.68. The first-order valence-electron chi connectivity index (χ1n) is 6.05. The number of hydrogen-bond acceptors (Lipinski definition) is 3. The molecule has 0 heterocycles. The van der Waals surface area contributed by atoms with Crippen LogP contribution >= 0.6 is 27.5 Å². The molecule has 0 aromatic heterocycles. The molecule has 1 aromatic rings. The van der Waals surface area contributed by atoms with E-state index in [1.54, 1.807) is 6.07 Å². The number of aliphatic hydroxyl groups is 1. The Morgan fingerprint density at radius 3 is 2.63 bits per heavy atom. The minimum atomic E-state index is -3.70. The molecular formula is C12H15BrClNO3S. The monoisotopic (exact) mass is 367 g/mol. The first kappa shape index (κ1) is 15.3. The van der Waals surface area contributed by atoms with Crippen molar-refractivity contribution in [1.29, 1.82) is 0 Å². The molecule has 0 aliphatic heterocycles. The normalized spacial score (nSPS) is 24.4. The zero-order valence-electron chi connectivity index (χ0n) is 10.1. The molecule has 0 radical (unpaired) electrons. The number of halogens is 2. The number of aliphatic hydroxyl groups excluding tert-OH is 1. The molecule has 0 saturated heterocycles. The SMILES string of the molecule is O=S(=O)(NC1CCCCC1O)c1ccc(Br)cc1Cl. The van der Waals surface area contributed by atoms with Crippen molar-refractivity contribution in [2.45, 2.75) is 42.7 Å². The van der Waals surface area contributed by atoms with Gasteiger partial charge in [0.1, 0.15) is 4.90 Å². The van der Waals surface area contributed by atoms with Crippen LogP contribution in [0, 0.1) is 0 Å². The molecule has 1 saturated carbocycles. The quantitative estimate of drug-likeness (QED) is 0.862. The first-order valence-corrected chi connectivity index (χ1v) is 8.71. The maximum atomic E-state index is 12.3. The van der Waals surface area contributed by atoms with Crippen molar-refractivity contribution in [2.24, 2.45) is 0 Å². The van der Waals surface area contributed by atoms with Gasteiger partial charge in [-0.2, -0.15) is 0 Å². The van der Waals surface area contributed by atoms with Gasteiger partial charge in [-0.3, -0.25) is 0 Å². The van der Waals surface area contributed by atoms with Crippen LogP contribution in [0.1, 0.15) is 25.7 Å². The Kier molecular flexibility index (Phi) is 4.89. The van der Waals surface area contributed by atoms with Crippen LogP contribution < -0.4 is 4.72 Å². The molecule has 0 spiro atoms. The molecule has 1 fully saturated rings. The van der Waals surface area contributed by atoms with Crippen molar-refractivity contribution >= 4 is 37.6 Å². The number of nitrogens with one attached hydrogen (secondary N) is 1. The molecular weight excluding hydrogens is 354 g/mol. The van der Waals surface area contributed by atoms with Gasteiger partial charge >= 0.3 is 0 Å². The lowest BCUT2D eigenvalue weighted by atomic mass is 9.93. The molecule has 0 amide bonds. The smallest absolute Gasteiger partial charge is 0.242 e. The molecule has 19 heavy (non-hydrogen) atoms. The lowest BCUT2D eigenvalue weighted by Gasteiger charge is -2.28. The largest absolute Gasteiger partial charge is 0.391 e. The van der Waals surface area contributed by atoms with E-state index in [0.717, 1.165) is 12.8 Å². The second-order valence-corrected chi connectivity index (χ2v) is 7.66. The van der Waals surface area contributed by atoms with E-state index in [-0.39, 0.29) is 9.92 Å². The minimum Gasteiger partial charge on any atom is -0.391 e. The second-order valence-electron chi connectivity index (χ2n) is 4.65. The molecule has 4 nitrogen and oxygen atoms in total. The summed E-state index contributed by atoms with van der Waals surface area (Å²) >= 11 is 9.19. The Labute approximate surface area is 126 Å². The van der Waals surface area contributed by atoms with E-state index >= 15 is 0 Å². The summed E-state index contributed by atoms with van der Waals surface area (Å²) in [5.74, 6) is 0. The summed E-state index contributed by atoms with van der Waals surface area (Å²) in [5, 5.41) is 9.98. The molecule has 0 bridgehead atoms. The van der Waals surface area contributed by atoms with Crippen molar-refractivity contribution in [1.82, 2.24) is 4.72 Å². The average molecular weight is 369 g/mol. The Morgan fingerprint density at radius 1 is 1.32 bits per heavy atom. The van der Waals surface area contributed by atoms with Gasteiger partial charge in [-0.1, -0.05) is 40.4 Å². The standard InChI is InChI=1S/C12H15BrClNO3S/c13-8-5-6-12(9(14)7-8)19(17,18)15-10-3-1-2-4-11(10)16/h5-7,10-11,15-16H,1-4H2. The summed E-state index contributed by atoms with van der Waals surface area (Å²) < 4.78 is 27.8. The fraction of sp³-hybridized carbons (Fsp3) is 0.500. The van der Waals surface area contributed by atoms with Crippen LogP contribution in [-0.4, -0.2) is 25.7 Å². The average Bonchev–Trinajstić information content (AvgIpc) is 2.31. The molecule has 2 N–H and O–H groups in total. The summed E-state index contributed by atoms with van der Waals surface area (Å²) in [5.41, 5.74) is 0. The highest BCUT2D eigenvalue weighted by molar-refractivity contribution is 9.10. The van der Waals surface area contributed by atoms with Crippen molar-refractivity contribution in [2.75, 3.05) is 0 Å². The highest BCUT2D eigenvalue weighted by atomic mass is 79.9. The minimum absolute atomic E-state index is 0.0372. The zero-order valence-corrected chi connectivity index (χ0v) is 13.3. The Morgan fingerprint density at radius 2 is 2.00 bits per heavy atom. The fourth-order valence-electron chi connectivity index (χ4n) is 2.20. The first-order chi connectivity index (χ1) is 8.90. The van der Waals surface area contributed by atoms with Crippen molar-refractivity contribution in [3.63, 3.8) is 0 Å². The summed E-state index contributed by atoms with van der Waals surface area (Å²) in [7, 11) is -3.70. The lowest BCUT2D eigenvalue weighted by molar-refractivity contribution is 0.101. The number of rotatable bonds is 3. The van der Waals surface area contributed by atoms with E-state index in [1.165, 1.54) is 12.1 Å². The number of sulfonamides is 1. The van der Waals surface area contributed by atoms with Gasteiger partial charge in [-0.15, -0.1) is 0 Å². The van der Waals surface area contributed by atoms with Gasteiger partial charge in [0.2, 0.25) is 10.0 Å². The third-order valence-electron chi connectivity index (χ3n) is 3.22. The Hall–Kier alpha value is -0.140. The topological polar surface area (TPSA) is 66.4 Å². The molecule has 1 aliphatic carbocycles. The van der Waals surface area contributed by atoms with E-state index in [0.29, 0.717) is 17.3 Å². The highest BCUT2D eigenvalue weighted by Gasteiger charge is 2.29. The van der Waals surface area contributed by atoms with Crippen LogP contribution in [-0.2, 0) is 10.0 Å². The van der Waals surface area contributed by atoms with Crippen LogP contribution in [0.5, 0.6) is 0 Å². The van der Waals surface area contributed by atoms with Crippen LogP contribution in [0.15, 0.2) is 27.6 Å². The molecule has 2 rings (SSSR count). The van der Waals surface area contributed by atoms with Crippen LogP contribution in [0.2, 0.25) is 5.02 Å². The predicted molar refractivity (Wildman–Crippen MR) is 77.7 cm³/mol. The van der Waals surface area contributed by atoms with Gasteiger partial charge in [0.15, 0.2) is 0 Å². The molecule has 106 valence electrons. The van der Waals surface area contributed by atoms with Crippen LogP contribution in [0.25, 0.3) is 0 Å². The lowest BCUT2D eigenvalue weighted by Crippen LogP contribution is -2.45. The second kappa shape index (κ2) is 6.10. The van der Waals surface area contributed by atoms with Crippen LogP contribution in [0.4, 0.5) is 0 Å². The number of hydrogen-bond donors (Lipinski definition) is 2. The van der Waals surface area contributed by atoms with Gasteiger partial charge in [-0.25, -0.2) is 13.1 Å². The molecule has 1 aliphatic rings. The van der Waals surface area contributed by atoms with Gasteiger partial charge in [0.05, 0.1) is 11.1 Å². The van der Waals surface area contributed by atoms with Crippen molar-refractivity contribution < 1.29 is 13.5 Å². The molecule has 2 unspecified atom stereocenters. The van der Waals surface area contributed by atoms with E-state index in [1.807, 2.05) is 0 Å². The third-order valence-corrected chi connectivity index (χ3v) is 5.69. The van der Waals surface area contributed by atoms with Gasteiger partial charge < -0.3 is 5.11 Å². The van der Waals surface area contributed by atoms with E-state index in [4.69, 9.17) is 11.6 Å². The summed E-state index contributed by atoms with van der Waals surface area (Å²) in [6.07, 6.45) is 2.49. The Balaban J connectivity index is 2.22. The van der Waals surface area contributed by atoms with Crippen molar-refractivity contribution in [3.8, 4) is 0 Å². The molecule has 2 atom stereocenters. The third kappa shape index (κ3) is 3.70. The summed E-state index contributed by atoms with van der Waals surface area (Å²) in [4.78, 5) is 0.0372. The molecule has 7 heteroatoms. The van der Waals surface area contributed by atoms with Gasteiger partial charge in [0, 0.05) is 10.5 Å².